The van der Waals surface area contributed by atoms with Gasteiger partial charge in [-0.3, -0.25) is 0 Å². The van der Waals surface area contributed by atoms with Crippen LogP contribution in [-0.4, -0.2) is 0 Å². The van der Waals surface area contributed by atoms with Gasteiger partial charge in [-0.15, -0.1) is 0 Å². The third-order valence-corrected chi connectivity index (χ3v) is 4.22. The number of halogens is 5. The minimum absolute atomic E-state index is 0.458. The van der Waals surface area contributed by atoms with E-state index in [1.54, 1.807) is 18.2 Å². The Balaban J connectivity index is 2.34. The van der Waals surface area contributed by atoms with E-state index in [1.807, 2.05) is 0 Å². The monoisotopic (exact) mass is 363 g/mol. The summed E-state index contributed by atoms with van der Waals surface area (Å²) < 4.78 is 38.2. The summed E-state index contributed by atoms with van der Waals surface area (Å²) in [5, 5.41) is 0.458. The van der Waals surface area contributed by atoms with Gasteiger partial charge in [0.05, 0.1) is 16.6 Å². The van der Waals surface area contributed by atoms with Crippen molar-refractivity contribution in [2.45, 2.75) is 12.2 Å². The van der Waals surface area contributed by atoms with Gasteiger partial charge in [0.15, 0.2) is 0 Å². The Morgan fingerprint density at radius 2 is 1.65 bits per heavy atom. The van der Waals surface area contributed by atoms with Crippen LogP contribution in [0, 0.1) is 0 Å². The van der Waals surface area contributed by atoms with Crippen molar-refractivity contribution in [2.24, 2.45) is 5.73 Å². The summed E-state index contributed by atoms with van der Waals surface area (Å²) in [6.45, 7) is 0. The smallest absolute Gasteiger partial charge is 0.320 e. The van der Waals surface area contributed by atoms with E-state index in [2.05, 4.69) is 15.9 Å². The highest BCUT2D eigenvalue weighted by Crippen LogP contribution is 2.34. The van der Waals surface area contributed by atoms with Gasteiger partial charge < -0.3 is 5.73 Å². The molecule has 1 unspecified atom stereocenters. The second kappa shape index (κ2) is 5.76. The SMILES string of the molecule is NC(c1ccc(C(F)(F)F)cc1)c1cccc(Br)c1Cl. The molecule has 2 aromatic rings. The number of hydrogen-bond donors (Lipinski definition) is 1. The quantitative estimate of drug-likeness (QED) is 0.782. The lowest BCUT2D eigenvalue weighted by Gasteiger charge is -2.16. The molecule has 0 saturated heterocycles. The van der Waals surface area contributed by atoms with Crippen LogP contribution in [0.5, 0.6) is 0 Å². The molecule has 1 nitrogen and oxygen atoms in total. The van der Waals surface area contributed by atoms with Crippen molar-refractivity contribution in [2.75, 3.05) is 0 Å². The predicted octanol–water partition coefficient (Wildman–Crippen LogP) is 5.17. The third-order valence-electron chi connectivity index (χ3n) is 2.91. The predicted molar refractivity (Wildman–Crippen MR) is 76.6 cm³/mol. The summed E-state index contributed by atoms with van der Waals surface area (Å²) in [5.74, 6) is 0. The largest absolute Gasteiger partial charge is 0.416 e. The summed E-state index contributed by atoms with van der Waals surface area (Å²) in [6, 6.07) is 9.47. The lowest BCUT2D eigenvalue weighted by Crippen LogP contribution is -2.13. The topological polar surface area (TPSA) is 26.0 Å². The molecule has 2 rings (SSSR count). The molecule has 0 spiro atoms. The first kappa shape index (κ1) is 15.4. The van der Waals surface area contributed by atoms with Gasteiger partial charge in [-0.1, -0.05) is 35.9 Å². The van der Waals surface area contributed by atoms with E-state index in [-0.39, 0.29) is 0 Å². The summed E-state index contributed by atoms with van der Waals surface area (Å²) in [6.07, 6.45) is -4.35. The first-order valence-corrected chi connectivity index (χ1v) is 6.84. The van der Waals surface area contributed by atoms with Crippen LogP contribution >= 0.6 is 27.5 Å². The summed E-state index contributed by atoms with van der Waals surface area (Å²) in [4.78, 5) is 0. The van der Waals surface area contributed by atoms with Gasteiger partial charge in [0.2, 0.25) is 0 Å². The van der Waals surface area contributed by atoms with E-state index in [1.165, 1.54) is 12.1 Å². The zero-order valence-electron chi connectivity index (χ0n) is 10.1. The van der Waals surface area contributed by atoms with E-state index in [0.29, 0.717) is 20.6 Å². The van der Waals surface area contributed by atoms with Gasteiger partial charge >= 0.3 is 6.18 Å². The Hall–Kier alpha value is -1.04. The molecule has 0 aliphatic carbocycles. The molecule has 0 fully saturated rings. The fourth-order valence-corrected chi connectivity index (χ4v) is 2.44. The standard InChI is InChI=1S/C14H10BrClF3N/c15-11-3-1-2-10(12(11)16)13(20)8-4-6-9(7-5-8)14(17,18)19/h1-7,13H,20H2. The van der Waals surface area contributed by atoms with E-state index >= 15 is 0 Å². The highest BCUT2D eigenvalue weighted by molar-refractivity contribution is 9.10. The van der Waals surface area contributed by atoms with Gasteiger partial charge in [0.25, 0.3) is 0 Å². The molecule has 2 aromatic carbocycles. The lowest BCUT2D eigenvalue weighted by molar-refractivity contribution is -0.137. The summed E-state index contributed by atoms with van der Waals surface area (Å²) in [7, 11) is 0. The molecule has 6 heteroatoms. The highest BCUT2D eigenvalue weighted by atomic mass is 79.9. The van der Waals surface area contributed by atoms with E-state index < -0.39 is 17.8 Å². The van der Waals surface area contributed by atoms with Crippen molar-refractivity contribution in [3.8, 4) is 0 Å². The van der Waals surface area contributed by atoms with Crippen molar-refractivity contribution in [3.63, 3.8) is 0 Å². The molecular formula is C14H10BrClF3N. The summed E-state index contributed by atoms with van der Waals surface area (Å²) >= 11 is 9.42. The number of nitrogens with two attached hydrogens (primary N) is 1. The molecule has 20 heavy (non-hydrogen) atoms. The van der Waals surface area contributed by atoms with E-state index in [9.17, 15) is 13.2 Å². The van der Waals surface area contributed by atoms with Crippen LogP contribution in [0.25, 0.3) is 0 Å². The maximum absolute atomic E-state index is 12.5. The van der Waals surface area contributed by atoms with Crippen molar-refractivity contribution in [1.82, 2.24) is 0 Å². The van der Waals surface area contributed by atoms with Crippen molar-refractivity contribution < 1.29 is 13.2 Å². The van der Waals surface area contributed by atoms with Crippen LogP contribution in [0.1, 0.15) is 22.7 Å². The molecule has 1 atom stereocenters. The molecule has 0 bridgehead atoms. The maximum Gasteiger partial charge on any atom is 0.416 e. The fourth-order valence-electron chi connectivity index (χ4n) is 1.82. The first-order chi connectivity index (χ1) is 9.30. The molecule has 0 amide bonds. The second-order valence-corrected chi connectivity index (χ2v) is 5.47. The average molecular weight is 365 g/mol. The minimum Gasteiger partial charge on any atom is -0.320 e. The van der Waals surface area contributed by atoms with Gasteiger partial charge in [0.1, 0.15) is 0 Å². The van der Waals surface area contributed by atoms with Crippen molar-refractivity contribution >= 4 is 27.5 Å². The van der Waals surface area contributed by atoms with Crippen LogP contribution in [0.2, 0.25) is 5.02 Å². The molecule has 2 N–H and O–H groups in total. The second-order valence-electron chi connectivity index (χ2n) is 4.24. The normalized spacial score (nSPS) is 13.3. The van der Waals surface area contributed by atoms with Gasteiger partial charge in [0, 0.05) is 4.47 Å². The lowest BCUT2D eigenvalue weighted by atomic mass is 9.98. The van der Waals surface area contributed by atoms with Gasteiger partial charge in [-0.05, 0) is 45.3 Å². The molecule has 0 aliphatic rings. The first-order valence-electron chi connectivity index (χ1n) is 5.67. The summed E-state index contributed by atoms with van der Waals surface area (Å²) in [5.41, 5.74) is 6.58. The highest BCUT2D eigenvalue weighted by Gasteiger charge is 2.30. The van der Waals surface area contributed by atoms with Crippen LogP contribution in [-0.2, 0) is 6.18 Å². The van der Waals surface area contributed by atoms with Gasteiger partial charge in [-0.2, -0.15) is 13.2 Å². The number of hydrogen-bond acceptors (Lipinski definition) is 1. The number of benzene rings is 2. The van der Waals surface area contributed by atoms with Crippen molar-refractivity contribution in [3.05, 3.63) is 68.7 Å². The number of rotatable bonds is 2. The van der Waals surface area contributed by atoms with Crippen LogP contribution in [0.3, 0.4) is 0 Å². The molecule has 106 valence electrons. The van der Waals surface area contributed by atoms with Crippen LogP contribution in [0.4, 0.5) is 13.2 Å². The Kier molecular flexibility index (Phi) is 4.42. The van der Waals surface area contributed by atoms with E-state index in [4.69, 9.17) is 17.3 Å². The Morgan fingerprint density at radius 3 is 2.20 bits per heavy atom. The zero-order chi connectivity index (χ0) is 14.9. The Morgan fingerprint density at radius 1 is 1.05 bits per heavy atom. The minimum atomic E-state index is -4.35. The maximum atomic E-state index is 12.5. The van der Waals surface area contributed by atoms with Gasteiger partial charge in [-0.25, -0.2) is 0 Å². The molecule has 0 heterocycles. The van der Waals surface area contributed by atoms with E-state index in [0.717, 1.165) is 12.1 Å². The molecule has 0 aliphatic heterocycles. The molecule has 0 radical (unpaired) electrons. The van der Waals surface area contributed by atoms with Crippen LogP contribution < -0.4 is 5.73 Å². The van der Waals surface area contributed by atoms with Crippen molar-refractivity contribution in [1.29, 1.82) is 0 Å². The molecule has 0 aromatic heterocycles. The fraction of sp³-hybridized carbons (Fsp3) is 0.143. The Labute approximate surface area is 127 Å². The third kappa shape index (κ3) is 3.16. The average Bonchev–Trinajstić information content (AvgIpc) is 2.40. The zero-order valence-corrected chi connectivity index (χ0v) is 12.4. The Bertz CT molecular complexity index is 611. The molecule has 0 saturated carbocycles. The van der Waals surface area contributed by atoms with Crippen LogP contribution in [0.15, 0.2) is 46.9 Å². The number of alkyl halides is 3. The molecular weight excluding hydrogens is 355 g/mol.